The molecule has 4 rings (SSSR count). The van der Waals surface area contributed by atoms with Gasteiger partial charge in [-0.05, 0) is 38.1 Å². The van der Waals surface area contributed by atoms with Crippen LogP contribution >= 0.6 is 11.3 Å². The number of aromatic nitrogens is 5. The van der Waals surface area contributed by atoms with Gasteiger partial charge in [0.2, 0.25) is 0 Å². The molecule has 3 aromatic heterocycles. The molecule has 1 aromatic carbocycles. The SMILES string of the molecule is COc1cc(-c2nc(C)cs2)cc2c(NCc3ccc(C)nn3)ncnc12. The summed E-state index contributed by atoms with van der Waals surface area (Å²) in [6.07, 6.45) is 1.53. The maximum Gasteiger partial charge on any atom is 0.145 e. The number of hydrogen-bond donors (Lipinski definition) is 1. The van der Waals surface area contributed by atoms with Crippen molar-refractivity contribution >= 4 is 28.1 Å². The molecule has 0 bridgehead atoms. The van der Waals surface area contributed by atoms with Gasteiger partial charge in [-0.3, -0.25) is 0 Å². The number of aryl methyl sites for hydroxylation is 2. The van der Waals surface area contributed by atoms with E-state index in [1.165, 1.54) is 6.33 Å². The summed E-state index contributed by atoms with van der Waals surface area (Å²) in [6, 6.07) is 7.89. The number of methoxy groups -OCH3 is 1. The average molecular weight is 378 g/mol. The highest BCUT2D eigenvalue weighted by Gasteiger charge is 2.13. The van der Waals surface area contributed by atoms with E-state index in [1.807, 2.05) is 43.5 Å². The van der Waals surface area contributed by atoms with Gasteiger partial charge in [-0.25, -0.2) is 15.0 Å². The fraction of sp³-hybridized carbons (Fsp3) is 0.211. The third-order valence-electron chi connectivity index (χ3n) is 4.08. The zero-order chi connectivity index (χ0) is 18.8. The Kier molecular flexibility index (Phi) is 4.64. The van der Waals surface area contributed by atoms with Gasteiger partial charge in [-0.15, -0.1) is 11.3 Å². The van der Waals surface area contributed by atoms with Crippen LogP contribution in [-0.4, -0.2) is 32.3 Å². The Bertz CT molecular complexity index is 1090. The second-order valence-electron chi connectivity index (χ2n) is 6.11. The van der Waals surface area contributed by atoms with E-state index in [1.54, 1.807) is 18.4 Å². The van der Waals surface area contributed by atoms with Crippen LogP contribution in [0, 0.1) is 13.8 Å². The van der Waals surface area contributed by atoms with Gasteiger partial charge in [0, 0.05) is 22.0 Å². The Morgan fingerprint density at radius 3 is 2.67 bits per heavy atom. The number of hydrogen-bond acceptors (Lipinski definition) is 8. The number of benzene rings is 1. The molecule has 0 saturated carbocycles. The van der Waals surface area contributed by atoms with Gasteiger partial charge in [-0.2, -0.15) is 10.2 Å². The van der Waals surface area contributed by atoms with E-state index in [-0.39, 0.29) is 0 Å². The number of rotatable bonds is 5. The van der Waals surface area contributed by atoms with Crippen molar-refractivity contribution in [1.82, 2.24) is 25.1 Å². The number of nitrogens with one attached hydrogen (secondary N) is 1. The Morgan fingerprint density at radius 1 is 1.07 bits per heavy atom. The van der Waals surface area contributed by atoms with Gasteiger partial charge in [-0.1, -0.05) is 0 Å². The number of ether oxygens (including phenoxy) is 1. The van der Waals surface area contributed by atoms with E-state index in [0.29, 0.717) is 12.3 Å². The van der Waals surface area contributed by atoms with Crippen molar-refractivity contribution in [2.24, 2.45) is 0 Å². The highest BCUT2D eigenvalue weighted by Crippen LogP contribution is 2.35. The first-order valence-corrected chi connectivity index (χ1v) is 9.30. The van der Waals surface area contributed by atoms with Gasteiger partial charge >= 0.3 is 0 Å². The van der Waals surface area contributed by atoms with E-state index < -0.39 is 0 Å². The van der Waals surface area contributed by atoms with E-state index in [2.05, 4.69) is 30.5 Å². The first-order chi connectivity index (χ1) is 13.1. The highest BCUT2D eigenvalue weighted by molar-refractivity contribution is 7.13. The van der Waals surface area contributed by atoms with Crippen LogP contribution < -0.4 is 10.1 Å². The first kappa shape index (κ1) is 17.3. The number of nitrogens with zero attached hydrogens (tertiary/aromatic N) is 5. The standard InChI is InChI=1S/C19H18N6OS/c1-11-4-5-14(25-24-11)8-20-18-15-6-13(19-23-12(2)9-27-19)7-16(26-3)17(15)21-10-22-18/h4-7,9-10H,8H2,1-3H3,(H,20,21,22). The van der Waals surface area contributed by atoms with Crippen molar-refractivity contribution in [1.29, 1.82) is 0 Å². The largest absolute Gasteiger partial charge is 0.494 e. The molecule has 0 aliphatic heterocycles. The van der Waals surface area contributed by atoms with Gasteiger partial charge in [0.1, 0.15) is 28.4 Å². The topological polar surface area (TPSA) is 85.7 Å². The van der Waals surface area contributed by atoms with Crippen LogP contribution in [0.1, 0.15) is 17.1 Å². The van der Waals surface area contributed by atoms with Gasteiger partial charge in [0.15, 0.2) is 0 Å². The zero-order valence-electron chi connectivity index (χ0n) is 15.2. The molecule has 4 aromatic rings. The second kappa shape index (κ2) is 7.24. The molecule has 0 aliphatic rings. The third kappa shape index (κ3) is 3.56. The highest BCUT2D eigenvalue weighted by atomic mass is 32.1. The molecule has 0 fully saturated rings. The molecule has 136 valence electrons. The zero-order valence-corrected chi connectivity index (χ0v) is 16.0. The van der Waals surface area contributed by atoms with Crippen LogP contribution in [0.3, 0.4) is 0 Å². The summed E-state index contributed by atoms with van der Waals surface area (Å²) in [5.74, 6) is 1.41. The van der Waals surface area contributed by atoms with Crippen LogP contribution in [-0.2, 0) is 6.54 Å². The number of anilines is 1. The lowest BCUT2D eigenvalue weighted by molar-refractivity contribution is 0.419. The molecule has 0 radical (unpaired) electrons. The van der Waals surface area contributed by atoms with Gasteiger partial charge < -0.3 is 10.1 Å². The Hall–Kier alpha value is -3.13. The van der Waals surface area contributed by atoms with Crippen molar-refractivity contribution < 1.29 is 4.74 Å². The summed E-state index contributed by atoms with van der Waals surface area (Å²) in [5.41, 5.74) is 4.45. The van der Waals surface area contributed by atoms with Crippen LogP contribution in [0.5, 0.6) is 5.75 Å². The summed E-state index contributed by atoms with van der Waals surface area (Å²) in [6.45, 7) is 4.41. The van der Waals surface area contributed by atoms with Crippen molar-refractivity contribution in [3.8, 4) is 16.3 Å². The average Bonchev–Trinajstić information content (AvgIpc) is 3.13. The van der Waals surface area contributed by atoms with Crippen molar-refractivity contribution in [2.75, 3.05) is 12.4 Å². The van der Waals surface area contributed by atoms with Crippen molar-refractivity contribution in [3.63, 3.8) is 0 Å². The minimum Gasteiger partial charge on any atom is -0.494 e. The monoisotopic (exact) mass is 378 g/mol. The summed E-state index contributed by atoms with van der Waals surface area (Å²) >= 11 is 1.60. The Morgan fingerprint density at radius 2 is 1.96 bits per heavy atom. The quantitative estimate of drug-likeness (QED) is 0.565. The summed E-state index contributed by atoms with van der Waals surface area (Å²) < 4.78 is 5.56. The van der Waals surface area contributed by atoms with Crippen LogP contribution in [0.15, 0.2) is 36.0 Å². The molecular weight excluding hydrogens is 360 g/mol. The summed E-state index contributed by atoms with van der Waals surface area (Å²) in [4.78, 5) is 13.4. The van der Waals surface area contributed by atoms with Crippen LogP contribution in [0.2, 0.25) is 0 Å². The predicted molar refractivity (Wildman–Crippen MR) is 106 cm³/mol. The molecule has 1 N–H and O–H groups in total. The Balaban J connectivity index is 1.74. The molecule has 3 heterocycles. The van der Waals surface area contributed by atoms with Crippen molar-refractivity contribution in [2.45, 2.75) is 20.4 Å². The maximum atomic E-state index is 5.56. The molecule has 0 atom stereocenters. The third-order valence-corrected chi connectivity index (χ3v) is 5.09. The Labute approximate surface area is 160 Å². The second-order valence-corrected chi connectivity index (χ2v) is 6.97. The van der Waals surface area contributed by atoms with Gasteiger partial charge in [0.05, 0.1) is 25.0 Å². The van der Waals surface area contributed by atoms with E-state index in [4.69, 9.17) is 4.74 Å². The molecule has 7 nitrogen and oxygen atoms in total. The number of fused-ring (bicyclic) bond motifs is 1. The minimum absolute atomic E-state index is 0.516. The molecule has 0 spiro atoms. The van der Waals surface area contributed by atoms with Crippen molar-refractivity contribution in [3.05, 3.63) is 53.1 Å². The van der Waals surface area contributed by atoms with Crippen LogP contribution in [0.4, 0.5) is 5.82 Å². The van der Waals surface area contributed by atoms with Gasteiger partial charge in [0.25, 0.3) is 0 Å². The lowest BCUT2D eigenvalue weighted by atomic mass is 10.1. The first-order valence-electron chi connectivity index (χ1n) is 8.42. The summed E-state index contributed by atoms with van der Waals surface area (Å²) in [7, 11) is 1.64. The smallest absolute Gasteiger partial charge is 0.145 e. The van der Waals surface area contributed by atoms with E-state index in [0.717, 1.165) is 44.4 Å². The van der Waals surface area contributed by atoms with E-state index >= 15 is 0 Å². The molecular formula is C19H18N6OS. The fourth-order valence-electron chi connectivity index (χ4n) is 2.74. The fourth-order valence-corrected chi connectivity index (χ4v) is 3.52. The molecule has 0 saturated heterocycles. The molecule has 0 amide bonds. The number of thiazole rings is 1. The molecule has 0 unspecified atom stereocenters. The molecule has 27 heavy (non-hydrogen) atoms. The van der Waals surface area contributed by atoms with E-state index in [9.17, 15) is 0 Å². The normalized spacial score (nSPS) is 10.9. The molecule has 0 aliphatic carbocycles. The lowest BCUT2D eigenvalue weighted by Gasteiger charge is -2.11. The molecule has 8 heteroatoms. The minimum atomic E-state index is 0.516. The lowest BCUT2D eigenvalue weighted by Crippen LogP contribution is -2.05. The van der Waals surface area contributed by atoms with Crippen LogP contribution in [0.25, 0.3) is 21.5 Å². The predicted octanol–water partition coefficient (Wildman–Crippen LogP) is 3.78. The maximum absolute atomic E-state index is 5.56. The summed E-state index contributed by atoms with van der Waals surface area (Å²) in [5, 5.41) is 15.4.